The first kappa shape index (κ1) is 44.5. The number of rotatable bonds is 11. The van der Waals surface area contributed by atoms with Gasteiger partial charge in [-0.3, -0.25) is 14.9 Å². The van der Waals surface area contributed by atoms with Crippen LogP contribution in [0.1, 0.15) is 50.4 Å². The highest BCUT2D eigenvalue weighted by atomic mass is 32.2. The largest absolute Gasteiger partial charge is 0.494 e. The number of nitrogens with two attached hydrogens (primary N) is 1. The summed E-state index contributed by atoms with van der Waals surface area (Å²) in [4.78, 5) is 54.7. The summed E-state index contributed by atoms with van der Waals surface area (Å²) in [6.45, 7) is 5.07. The maximum atomic E-state index is 15.8. The predicted octanol–water partition coefficient (Wildman–Crippen LogP) is 6.26. The third-order valence-corrected chi connectivity index (χ3v) is 11.3. The second-order valence-corrected chi connectivity index (χ2v) is 15.5. The van der Waals surface area contributed by atoms with E-state index in [2.05, 4.69) is 15.6 Å². The highest BCUT2D eigenvalue weighted by Crippen LogP contribution is 2.44. The molecule has 312 valence electrons. The fraction of sp³-hybridized carbons (Fsp3) is 0.342. The van der Waals surface area contributed by atoms with Crippen LogP contribution in [-0.4, -0.2) is 86.1 Å². The molecule has 2 heterocycles. The molecule has 20 heteroatoms. The van der Waals surface area contributed by atoms with Crippen molar-refractivity contribution in [1.82, 2.24) is 9.88 Å². The molecule has 0 bridgehead atoms. The Labute approximate surface area is 330 Å². The van der Waals surface area contributed by atoms with Crippen molar-refractivity contribution < 1.29 is 64.5 Å². The van der Waals surface area contributed by atoms with Gasteiger partial charge < -0.3 is 35.3 Å². The minimum atomic E-state index is -5.08. The molecule has 3 atom stereocenters. The molecule has 4 aromatic rings. The number of benzene rings is 3. The number of ether oxygens (including phenoxy) is 3. The smallest absolute Gasteiger partial charge is 0.490 e. The molecule has 1 aliphatic rings. The Morgan fingerprint density at radius 3 is 2.28 bits per heavy atom. The standard InChI is InChI=1S/C36H40FN5O8S.C2HF3O2/c1-6-50-24-9-11-29(37)27(19-24)31(40-22-7-10-25-21(17-22)13-15-39-33(25)38)34(43)42-16-14-26(35(44)48-4)32(42)28-18-23(41-36(45)49-5)8-12-30(28)51(46,47)20(2)3;3-2(4,5)1(6)7/h7-13,15,17-20,26,31-32,40H,6,14,16H2,1-5H3,(H2,38,39)(H,41,45);(H,6,7)/t26-,31-,32+;/m1./s1. The van der Waals surface area contributed by atoms with Crippen molar-refractivity contribution in [3.63, 3.8) is 0 Å². The number of nitrogen functional groups attached to an aromatic ring is 1. The molecule has 15 nitrogen and oxygen atoms in total. The number of hydrogen-bond acceptors (Lipinski definition) is 12. The quantitative estimate of drug-likeness (QED) is 0.0970. The number of anilines is 3. The maximum absolute atomic E-state index is 15.8. The first-order chi connectivity index (χ1) is 27.2. The lowest BCUT2D eigenvalue weighted by Crippen LogP contribution is -2.40. The molecule has 1 saturated heterocycles. The van der Waals surface area contributed by atoms with Crippen molar-refractivity contribution in [2.24, 2.45) is 5.92 Å². The Kier molecular flexibility index (Phi) is 14.1. The summed E-state index contributed by atoms with van der Waals surface area (Å²) in [7, 11) is -1.63. The van der Waals surface area contributed by atoms with Crippen molar-refractivity contribution in [3.05, 3.63) is 83.8 Å². The number of pyridine rings is 1. The number of carbonyl (C=O) groups is 4. The van der Waals surface area contributed by atoms with Crippen molar-refractivity contribution in [2.75, 3.05) is 43.7 Å². The Bertz CT molecular complexity index is 2290. The first-order valence-corrected chi connectivity index (χ1v) is 19.0. The number of alkyl halides is 3. The van der Waals surface area contributed by atoms with E-state index >= 15 is 4.39 Å². The van der Waals surface area contributed by atoms with Crippen LogP contribution < -0.4 is 21.1 Å². The third kappa shape index (κ3) is 10.0. The van der Waals surface area contributed by atoms with E-state index in [0.29, 0.717) is 28.0 Å². The molecular weight excluding hydrogens is 795 g/mol. The molecule has 0 unspecified atom stereocenters. The number of carboxylic acids is 1. The van der Waals surface area contributed by atoms with E-state index in [9.17, 15) is 36.0 Å². The van der Waals surface area contributed by atoms with Gasteiger partial charge in [-0.2, -0.15) is 13.2 Å². The molecule has 3 aromatic carbocycles. The summed E-state index contributed by atoms with van der Waals surface area (Å²) in [5.74, 6) is -5.17. The molecule has 1 aromatic heterocycles. The van der Waals surface area contributed by atoms with Crippen molar-refractivity contribution in [3.8, 4) is 5.75 Å². The number of hydrogen-bond donors (Lipinski definition) is 4. The molecule has 0 aliphatic carbocycles. The Morgan fingerprint density at radius 1 is 1.00 bits per heavy atom. The summed E-state index contributed by atoms with van der Waals surface area (Å²) in [5.41, 5.74) is 6.70. The number of amides is 2. The maximum Gasteiger partial charge on any atom is 0.490 e. The zero-order valence-electron chi connectivity index (χ0n) is 31.8. The van der Waals surface area contributed by atoms with Crippen LogP contribution in [0.15, 0.2) is 71.8 Å². The first-order valence-electron chi connectivity index (χ1n) is 17.5. The van der Waals surface area contributed by atoms with E-state index in [1.54, 1.807) is 37.4 Å². The molecule has 2 amide bonds. The third-order valence-electron chi connectivity index (χ3n) is 9.06. The second kappa shape index (κ2) is 18.4. The van der Waals surface area contributed by atoms with Crippen LogP contribution in [-0.2, 0) is 33.7 Å². The van der Waals surface area contributed by atoms with Gasteiger partial charge in [0.15, 0.2) is 9.84 Å². The summed E-state index contributed by atoms with van der Waals surface area (Å²) in [5, 5.41) is 13.3. The van der Waals surface area contributed by atoms with Crippen molar-refractivity contribution in [2.45, 2.75) is 55.6 Å². The van der Waals surface area contributed by atoms with Crippen LogP contribution in [0.3, 0.4) is 0 Å². The Hall–Kier alpha value is -6.18. The van der Waals surface area contributed by atoms with Gasteiger partial charge in [-0.1, -0.05) is 0 Å². The molecule has 0 radical (unpaired) electrons. The number of methoxy groups -OCH3 is 2. The molecule has 0 spiro atoms. The zero-order chi connectivity index (χ0) is 43.1. The van der Waals surface area contributed by atoms with Crippen LogP contribution in [0, 0.1) is 11.7 Å². The van der Waals surface area contributed by atoms with Gasteiger partial charge in [0.05, 0.1) is 42.9 Å². The number of halogens is 4. The lowest BCUT2D eigenvalue weighted by Gasteiger charge is -2.33. The van der Waals surface area contributed by atoms with E-state index in [4.69, 9.17) is 29.8 Å². The summed E-state index contributed by atoms with van der Waals surface area (Å²) >= 11 is 0. The topological polar surface area (TPSA) is 217 Å². The number of esters is 1. The van der Waals surface area contributed by atoms with Crippen LogP contribution >= 0.6 is 0 Å². The molecule has 5 rings (SSSR count). The fourth-order valence-corrected chi connectivity index (χ4v) is 7.53. The van der Waals surface area contributed by atoms with Crippen molar-refractivity contribution >= 4 is 61.7 Å². The van der Waals surface area contributed by atoms with Crippen molar-refractivity contribution in [1.29, 1.82) is 0 Å². The van der Waals surface area contributed by atoms with Crippen LogP contribution in [0.2, 0.25) is 0 Å². The highest BCUT2D eigenvalue weighted by molar-refractivity contribution is 7.92. The van der Waals surface area contributed by atoms with Gasteiger partial charge in [0.1, 0.15) is 23.4 Å². The monoisotopic (exact) mass is 835 g/mol. The molecule has 58 heavy (non-hydrogen) atoms. The lowest BCUT2D eigenvalue weighted by atomic mass is 9.92. The molecule has 1 fully saturated rings. The number of sulfone groups is 1. The SMILES string of the molecule is CCOc1ccc(F)c([C@@H](Nc2ccc3c(N)nccc3c2)C(=O)N2CC[C@@H](C(=O)OC)[C@H]2c2cc(NC(=O)OC)ccc2S(=O)(=O)C(C)C)c1.O=C(O)C(F)(F)F. The highest BCUT2D eigenvalue weighted by Gasteiger charge is 2.47. The van der Waals surface area contributed by atoms with Crippen LogP contribution in [0.5, 0.6) is 5.75 Å². The Morgan fingerprint density at radius 2 is 1.67 bits per heavy atom. The second-order valence-electron chi connectivity index (χ2n) is 13.0. The Balaban J connectivity index is 0.000000973. The summed E-state index contributed by atoms with van der Waals surface area (Å²) in [6.07, 6.45) is -4.25. The van der Waals surface area contributed by atoms with E-state index in [-0.39, 0.29) is 41.3 Å². The summed E-state index contributed by atoms with van der Waals surface area (Å²) < 4.78 is 90.6. The van der Waals surface area contributed by atoms with E-state index in [1.165, 1.54) is 69.4 Å². The number of fused-ring (bicyclic) bond motifs is 1. The van der Waals surface area contributed by atoms with E-state index in [0.717, 1.165) is 0 Å². The minimum absolute atomic E-state index is 0.00996. The number of carboxylic acid groups (broad SMARTS) is 1. The normalized spacial score (nSPS) is 15.9. The number of carbonyl (C=O) groups excluding carboxylic acids is 3. The van der Waals surface area contributed by atoms with E-state index in [1.807, 2.05) is 0 Å². The van der Waals surface area contributed by atoms with Crippen LogP contribution in [0.25, 0.3) is 10.8 Å². The fourth-order valence-electron chi connectivity index (χ4n) is 6.26. The molecule has 5 N–H and O–H groups in total. The number of nitrogens with zero attached hydrogens (tertiary/aromatic N) is 2. The van der Waals surface area contributed by atoms with Gasteiger partial charge in [-0.05, 0) is 98.8 Å². The predicted molar refractivity (Wildman–Crippen MR) is 203 cm³/mol. The molecule has 0 saturated carbocycles. The number of nitrogens with one attached hydrogen (secondary N) is 2. The lowest BCUT2D eigenvalue weighted by molar-refractivity contribution is -0.192. The molecular formula is C38H41F4N5O10S. The number of aromatic nitrogens is 1. The van der Waals surface area contributed by atoms with E-state index < -0.39 is 69.0 Å². The van der Waals surface area contributed by atoms with Gasteiger partial charge in [0, 0.05) is 35.1 Å². The summed E-state index contributed by atoms with van der Waals surface area (Å²) in [6, 6.07) is 12.5. The van der Waals surface area contributed by atoms with Gasteiger partial charge in [0.2, 0.25) is 5.91 Å². The zero-order valence-corrected chi connectivity index (χ0v) is 32.6. The van der Waals surface area contributed by atoms with Gasteiger partial charge in [-0.15, -0.1) is 0 Å². The average molecular weight is 836 g/mol. The van der Waals surface area contributed by atoms with Gasteiger partial charge in [0.25, 0.3) is 0 Å². The number of likely N-dealkylation sites (tertiary alicyclic amines) is 1. The minimum Gasteiger partial charge on any atom is -0.494 e. The van der Waals surface area contributed by atoms with Crippen LogP contribution in [0.4, 0.5) is 39.5 Å². The molecule has 1 aliphatic heterocycles. The van der Waals surface area contributed by atoms with Gasteiger partial charge >= 0.3 is 24.2 Å². The van der Waals surface area contributed by atoms with Gasteiger partial charge in [-0.25, -0.2) is 27.4 Å². The number of aliphatic carboxylic acids is 1. The average Bonchev–Trinajstić information content (AvgIpc) is 3.62.